The molecule has 9 nitrogen and oxygen atoms in total. The zero-order chi connectivity index (χ0) is 33.6. The number of ether oxygens (including phenoxy) is 1. The maximum atomic E-state index is 17.0. The molecule has 4 aromatic rings. The van der Waals surface area contributed by atoms with Gasteiger partial charge in [-0.1, -0.05) is 17.7 Å². The van der Waals surface area contributed by atoms with Crippen molar-refractivity contribution >= 4 is 60.7 Å². The van der Waals surface area contributed by atoms with Gasteiger partial charge in [-0.2, -0.15) is 15.2 Å². The molecule has 5 atom stereocenters. The van der Waals surface area contributed by atoms with E-state index in [1.807, 2.05) is 24.9 Å². The number of likely N-dealkylation sites (tertiary alicyclic amines) is 2. The minimum atomic E-state index is -1.07. The number of rotatable bonds is 6. The molecule has 2 aromatic heterocycles. The zero-order valence-corrected chi connectivity index (χ0v) is 28.0. The molecule has 5 heterocycles. The Morgan fingerprint density at radius 3 is 2.69 bits per heavy atom. The van der Waals surface area contributed by atoms with E-state index >= 15 is 4.39 Å². The van der Waals surface area contributed by atoms with Crippen LogP contribution in [0.5, 0.6) is 6.01 Å². The fraction of sp³-hybridized carbons (Fsp3) is 0.471. The van der Waals surface area contributed by atoms with Crippen LogP contribution in [0, 0.1) is 28.9 Å². The van der Waals surface area contributed by atoms with Crippen molar-refractivity contribution < 1.29 is 22.7 Å². The van der Waals surface area contributed by atoms with Gasteiger partial charge in [-0.25, -0.2) is 13.2 Å². The van der Waals surface area contributed by atoms with Crippen LogP contribution in [0.1, 0.15) is 44.6 Å². The van der Waals surface area contributed by atoms with Gasteiger partial charge in [0.05, 0.1) is 26.7 Å². The van der Waals surface area contributed by atoms with Gasteiger partial charge < -0.3 is 20.3 Å². The Balaban J connectivity index is 1.25. The normalized spacial score (nSPS) is 26.0. The maximum Gasteiger partial charge on any atom is 0.319 e. The molecule has 250 valence electrons. The van der Waals surface area contributed by atoms with Crippen LogP contribution in [0.4, 0.5) is 24.0 Å². The van der Waals surface area contributed by atoms with E-state index in [-0.39, 0.29) is 72.8 Å². The van der Waals surface area contributed by atoms with Crippen molar-refractivity contribution in [3.63, 3.8) is 0 Å². The molecule has 2 aromatic carbocycles. The molecule has 8 rings (SSSR count). The van der Waals surface area contributed by atoms with Gasteiger partial charge in [0.25, 0.3) is 0 Å². The minimum absolute atomic E-state index is 0.0000365. The summed E-state index contributed by atoms with van der Waals surface area (Å²) in [5, 5.41) is 10.6. The summed E-state index contributed by atoms with van der Waals surface area (Å²) in [4.78, 5) is 28.5. The first-order valence-corrected chi connectivity index (χ1v) is 17.4. The van der Waals surface area contributed by atoms with Crippen LogP contribution in [0.15, 0.2) is 18.2 Å². The molecular formula is C34H33ClF3N7O2S. The zero-order valence-electron chi connectivity index (χ0n) is 26.4. The second-order valence-electron chi connectivity index (χ2n) is 13.5. The Morgan fingerprint density at radius 2 is 2.02 bits per heavy atom. The Morgan fingerprint density at radius 1 is 1.25 bits per heavy atom. The number of carbonyl (C=O) groups excluding carboxylic acids is 1. The molecular weight excluding hydrogens is 663 g/mol. The topological polar surface area (TPSA) is 112 Å². The van der Waals surface area contributed by atoms with Gasteiger partial charge in [-0.05, 0) is 70.3 Å². The number of thiophene rings is 1. The molecule has 48 heavy (non-hydrogen) atoms. The van der Waals surface area contributed by atoms with E-state index < -0.39 is 29.3 Å². The molecule has 4 fully saturated rings. The van der Waals surface area contributed by atoms with E-state index in [9.17, 15) is 18.8 Å². The fourth-order valence-electron chi connectivity index (χ4n) is 7.95. The number of nitrogens with zero attached hydrogens (tertiary/aromatic N) is 6. The van der Waals surface area contributed by atoms with Crippen molar-refractivity contribution in [2.24, 2.45) is 5.92 Å². The monoisotopic (exact) mass is 695 g/mol. The first kappa shape index (κ1) is 31.4. The van der Waals surface area contributed by atoms with Crippen molar-refractivity contribution in [2.45, 2.75) is 62.9 Å². The van der Waals surface area contributed by atoms with Crippen molar-refractivity contribution in [2.75, 3.05) is 43.9 Å². The summed E-state index contributed by atoms with van der Waals surface area (Å²) in [5.74, 6) is -1.63. The summed E-state index contributed by atoms with van der Waals surface area (Å²) >= 11 is 7.78. The van der Waals surface area contributed by atoms with E-state index in [1.165, 1.54) is 12.1 Å². The van der Waals surface area contributed by atoms with E-state index in [1.54, 1.807) is 11.0 Å². The lowest BCUT2D eigenvalue weighted by Gasteiger charge is -2.51. The van der Waals surface area contributed by atoms with Gasteiger partial charge >= 0.3 is 6.01 Å². The van der Waals surface area contributed by atoms with E-state index in [4.69, 9.17) is 27.1 Å². The van der Waals surface area contributed by atoms with Crippen LogP contribution in [-0.2, 0) is 4.79 Å². The summed E-state index contributed by atoms with van der Waals surface area (Å²) < 4.78 is 52.2. The van der Waals surface area contributed by atoms with E-state index in [0.717, 1.165) is 37.1 Å². The Hall–Kier alpha value is -3.86. The Kier molecular flexibility index (Phi) is 7.43. The number of hydrogen-bond acceptors (Lipinski definition) is 9. The highest BCUT2D eigenvalue weighted by Crippen LogP contribution is 2.48. The van der Waals surface area contributed by atoms with E-state index in [0.29, 0.717) is 37.3 Å². The third-order valence-electron chi connectivity index (χ3n) is 10.8. The molecule has 4 aliphatic rings. The summed E-state index contributed by atoms with van der Waals surface area (Å²) in [6, 6.07) is 6.35. The van der Waals surface area contributed by atoms with Crippen molar-refractivity contribution in [3.8, 4) is 23.2 Å². The molecule has 14 heteroatoms. The van der Waals surface area contributed by atoms with Crippen LogP contribution in [0.2, 0.25) is 5.02 Å². The largest absolute Gasteiger partial charge is 0.459 e. The predicted octanol–water partition coefficient (Wildman–Crippen LogP) is 6.30. The molecule has 0 radical (unpaired) electrons. The lowest BCUT2D eigenvalue weighted by atomic mass is 9.83. The number of nitrogen functional groups attached to an aromatic ring is 1. The van der Waals surface area contributed by atoms with Gasteiger partial charge in [0, 0.05) is 42.0 Å². The second-order valence-corrected chi connectivity index (χ2v) is 15.0. The smallest absolute Gasteiger partial charge is 0.319 e. The molecule has 1 aliphatic carbocycles. The molecule has 1 saturated carbocycles. The van der Waals surface area contributed by atoms with Crippen molar-refractivity contribution in [3.05, 3.63) is 40.4 Å². The summed E-state index contributed by atoms with van der Waals surface area (Å²) in [7, 11) is 2.04. The number of nitrogens with two attached hydrogens (primary N) is 1. The second kappa shape index (κ2) is 11.4. The number of halogens is 4. The first-order chi connectivity index (χ1) is 23.0. The van der Waals surface area contributed by atoms with Gasteiger partial charge in [-0.3, -0.25) is 9.69 Å². The number of hydrogen-bond donors (Lipinski definition) is 1. The van der Waals surface area contributed by atoms with Crippen molar-refractivity contribution in [1.29, 1.82) is 5.26 Å². The Labute approximate surface area is 284 Å². The minimum Gasteiger partial charge on any atom is -0.459 e. The average Bonchev–Trinajstić information content (AvgIpc) is 3.37. The van der Waals surface area contributed by atoms with Crippen LogP contribution in [0.25, 0.3) is 32.1 Å². The third kappa shape index (κ3) is 4.78. The van der Waals surface area contributed by atoms with Crippen LogP contribution in [0.3, 0.4) is 0 Å². The molecule has 2 unspecified atom stereocenters. The summed E-state index contributed by atoms with van der Waals surface area (Å²) in [6.07, 6.45) is 2.32. The maximum absolute atomic E-state index is 17.0. The number of fused-ring (bicyclic) bond motifs is 2. The molecule has 2 N–H and O–H groups in total. The number of amides is 1. The van der Waals surface area contributed by atoms with Gasteiger partial charge in [-0.15, -0.1) is 11.3 Å². The van der Waals surface area contributed by atoms with Gasteiger partial charge in [0.1, 0.15) is 40.5 Å². The van der Waals surface area contributed by atoms with E-state index in [2.05, 4.69) is 9.88 Å². The first-order valence-electron chi connectivity index (χ1n) is 16.2. The number of alkyl halides is 1. The van der Waals surface area contributed by atoms with Crippen LogP contribution in [-0.4, -0.2) is 82.8 Å². The number of carbonyl (C=O) groups is 1. The van der Waals surface area contributed by atoms with Gasteiger partial charge in [0.15, 0.2) is 5.82 Å². The quantitative estimate of drug-likeness (QED) is 0.250. The molecule has 3 aliphatic heterocycles. The molecule has 0 bridgehead atoms. The lowest BCUT2D eigenvalue weighted by molar-refractivity contribution is -0.147. The standard InChI is InChI=1S/C34H33ClF3N7O2S/c1-16(24-4-3-9-43(24)2)47-33-41-28-19(31(42-33)44-10-7-34(15-44)8-11-45(34)32(46)18-13-23(18)37)12-21(35)26(27(28)38)17-5-6-22(36)29-25(17)20(14-39)30(40)48-29/h5-6,12,16,18,23-24H,3-4,7-11,13,15,40H2,1-2H3/t16?,18-,23-,24+,34?/m1/s1. The summed E-state index contributed by atoms with van der Waals surface area (Å²) in [6.45, 7) is 4.43. The molecule has 1 amide bonds. The number of likely N-dealkylation sites (N-methyl/N-ethyl adjacent to an activating group) is 1. The van der Waals surface area contributed by atoms with Crippen LogP contribution < -0.4 is 15.4 Å². The highest BCUT2D eigenvalue weighted by molar-refractivity contribution is 7.23. The summed E-state index contributed by atoms with van der Waals surface area (Å²) in [5.41, 5.74) is 5.81. The number of aromatic nitrogens is 2. The predicted molar refractivity (Wildman–Crippen MR) is 179 cm³/mol. The average molecular weight is 696 g/mol. The fourth-order valence-corrected chi connectivity index (χ4v) is 9.19. The lowest BCUT2D eigenvalue weighted by Crippen LogP contribution is -2.64. The highest BCUT2D eigenvalue weighted by atomic mass is 35.5. The van der Waals surface area contributed by atoms with Crippen molar-refractivity contribution in [1.82, 2.24) is 19.8 Å². The Bertz CT molecular complexity index is 2060. The number of benzene rings is 2. The molecule has 1 spiro atoms. The van der Waals surface area contributed by atoms with Gasteiger partial charge in [0.2, 0.25) is 5.91 Å². The van der Waals surface area contributed by atoms with Crippen LogP contribution >= 0.6 is 22.9 Å². The number of anilines is 2. The highest BCUT2D eigenvalue weighted by Gasteiger charge is 2.56. The number of nitriles is 1. The third-order valence-corrected chi connectivity index (χ3v) is 12.1. The SMILES string of the molecule is CC(Oc1nc(N2CCC3(CCN3C(=O)[C@@H]3C[C@H]3F)C2)c2cc(Cl)c(-c3ccc(F)c4sc(N)c(C#N)c34)c(F)c2n1)[C@@H]1CCCN1C. The molecule has 3 saturated heterocycles.